The number of hydrogen-bond acceptors (Lipinski definition) is 2. The number of primary amides is 1. The van der Waals surface area contributed by atoms with Crippen molar-refractivity contribution in [3.8, 4) is 0 Å². The first-order chi connectivity index (χ1) is 6.50. The van der Waals surface area contributed by atoms with Gasteiger partial charge in [0.15, 0.2) is 0 Å². The van der Waals surface area contributed by atoms with E-state index in [4.69, 9.17) is 10.8 Å². The summed E-state index contributed by atoms with van der Waals surface area (Å²) in [4.78, 5) is 11.5. The van der Waals surface area contributed by atoms with Gasteiger partial charge in [0.05, 0.1) is 0 Å². The molecule has 0 aromatic carbocycles. The third-order valence-corrected chi connectivity index (χ3v) is 4.61. The van der Waals surface area contributed by atoms with E-state index in [1.807, 2.05) is 27.7 Å². The maximum absolute atomic E-state index is 11.5. The summed E-state index contributed by atoms with van der Waals surface area (Å²) in [5, 5.41) is 9.05. The van der Waals surface area contributed by atoms with E-state index >= 15 is 0 Å². The minimum atomic E-state index is -0.592. The third kappa shape index (κ3) is 2.33. The highest BCUT2D eigenvalue weighted by Gasteiger charge is 2.50. The fourth-order valence-electron chi connectivity index (χ4n) is 1.75. The van der Waals surface area contributed by atoms with Gasteiger partial charge in [-0.3, -0.25) is 4.79 Å². The first kappa shape index (κ1) is 14.4. The summed E-state index contributed by atoms with van der Waals surface area (Å²) in [7, 11) is 0. The minimum absolute atomic E-state index is 0.130. The Morgan fingerprint density at radius 2 is 1.53 bits per heavy atom. The molecule has 1 amide bonds. The molecule has 3 heteroatoms. The molecule has 0 aliphatic rings. The fourth-order valence-corrected chi connectivity index (χ4v) is 1.75. The maximum atomic E-state index is 11.5. The van der Waals surface area contributed by atoms with Gasteiger partial charge in [-0.15, -0.1) is 0 Å². The van der Waals surface area contributed by atoms with Crippen LogP contribution in [0.4, 0.5) is 0 Å². The highest BCUT2D eigenvalue weighted by Crippen LogP contribution is 2.52. The lowest BCUT2D eigenvalue weighted by Gasteiger charge is -2.50. The monoisotopic (exact) mass is 215 g/mol. The zero-order valence-corrected chi connectivity index (χ0v) is 10.8. The van der Waals surface area contributed by atoms with Gasteiger partial charge in [-0.2, -0.15) is 0 Å². The van der Waals surface area contributed by atoms with E-state index in [0.29, 0.717) is 6.42 Å². The van der Waals surface area contributed by atoms with Gasteiger partial charge in [-0.05, 0) is 17.3 Å². The molecule has 0 aliphatic carbocycles. The van der Waals surface area contributed by atoms with Crippen molar-refractivity contribution in [3.05, 3.63) is 0 Å². The average Bonchev–Trinajstić information content (AvgIpc) is 2.02. The number of aliphatic hydroxyl groups is 1. The second kappa shape index (κ2) is 4.12. The summed E-state index contributed by atoms with van der Waals surface area (Å²) in [6.07, 6.45) is 0.663. The van der Waals surface area contributed by atoms with Crippen LogP contribution < -0.4 is 5.73 Å². The summed E-state index contributed by atoms with van der Waals surface area (Å²) >= 11 is 0. The van der Waals surface area contributed by atoms with E-state index in [0.717, 1.165) is 0 Å². The SMILES string of the molecule is CC(C)(CCO)C(C)(C)C(C)(C)C(N)=O. The first-order valence-electron chi connectivity index (χ1n) is 5.41. The number of nitrogens with two attached hydrogens (primary N) is 1. The smallest absolute Gasteiger partial charge is 0.223 e. The molecule has 0 aliphatic heterocycles. The first-order valence-corrected chi connectivity index (χ1v) is 5.41. The molecule has 0 saturated carbocycles. The molecule has 3 N–H and O–H groups in total. The van der Waals surface area contributed by atoms with Gasteiger partial charge in [0.25, 0.3) is 0 Å². The Morgan fingerprint density at radius 1 is 1.13 bits per heavy atom. The molecule has 0 spiro atoms. The molecule has 0 rings (SSSR count). The summed E-state index contributed by atoms with van der Waals surface area (Å²) in [5.74, 6) is -0.293. The summed E-state index contributed by atoms with van der Waals surface area (Å²) in [6.45, 7) is 12.1. The van der Waals surface area contributed by atoms with Crippen LogP contribution in [0.15, 0.2) is 0 Å². The van der Waals surface area contributed by atoms with E-state index in [2.05, 4.69) is 13.8 Å². The van der Waals surface area contributed by atoms with Crippen LogP contribution in [-0.2, 0) is 4.79 Å². The second-order valence-electron chi connectivity index (χ2n) is 5.97. The lowest BCUT2D eigenvalue weighted by molar-refractivity contribution is -0.139. The Bertz CT molecular complexity index is 242. The molecule has 0 fully saturated rings. The predicted octanol–water partition coefficient (Wildman–Crippen LogP) is 1.93. The number of carbonyl (C=O) groups excluding carboxylic acids is 1. The Kier molecular flexibility index (Phi) is 3.97. The molecule has 0 heterocycles. The Labute approximate surface area is 93.0 Å². The molecule has 0 radical (unpaired) electrons. The average molecular weight is 215 g/mol. The topological polar surface area (TPSA) is 63.3 Å². The third-order valence-electron chi connectivity index (χ3n) is 4.61. The molecular weight excluding hydrogens is 190 g/mol. The van der Waals surface area contributed by atoms with E-state index < -0.39 is 5.41 Å². The van der Waals surface area contributed by atoms with Crippen molar-refractivity contribution >= 4 is 5.91 Å². The second-order valence-corrected chi connectivity index (χ2v) is 5.97. The highest BCUT2D eigenvalue weighted by atomic mass is 16.3. The van der Waals surface area contributed by atoms with Crippen LogP contribution in [0.1, 0.15) is 48.0 Å². The van der Waals surface area contributed by atoms with E-state index in [-0.39, 0.29) is 23.3 Å². The van der Waals surface area contributed by atoms with Crippen molar-refractivity contribution in [2.75, 3.05) is 6.61 Å². The van der Waals surface area contributed by atoms with Gasteiger partial charge in [0.2, 0.25) is 5.91 Å². The molecule has 90 valence electrons. The lowest BCUT2D eigenvalue weighted by Crippen LogP contribution is -2.51. The van der Waals surface area contributed by atoms with Crippen molar-refractivity contribution in [1.82, 2.24) is 0 Å². The molecule has 3 nitrogen and oxygen atoms in total. The predicted molar refractivity (Wildman–Crippen MR) is 62.2 cm³/mol. The van der Waals surface area contributed by atoms with Crippen LogP contribution in [0.25, 0.3) is 0 Å². The Hall–Kier alpha value is -0.570. The van der Waals surface area contributed by atoms with E-state index in [9.17, 15) is 4.79 Å². The number of amides is 1. The van der Waals surface area contributed by atoms with Gasteiger partial charge in [-0.1, -0.05) is 41.5 Å². The standard InChI is InChI=1S/C12H25NO2/c1-10(2,7-8-14)12(5,6)11(3,4)9(13)15/h14H,7-8H2,1-6H3,(H2,13,15). The molecule has 0 unspecified atom stereocenters. The van der Waals surface area contributed by atoms with Crippen LogP contribution in [0.5, 0.6) is 0 Å². The summed E-state index contributed by atoms with van der Waals surface area (Å²) in [6, 6.07) is 0. The normalized spacial score (nSPS) is 14.1. The van der Waals surface area contributed by atoms with Gasteiger partial charge < -0.3 is 10.8 Å². The Balaban J connectivity index is 5.20. The van der Waals surface area contributed by atoms with Crippen LogP contribution in [0.2, 0.25) is 0 Å². The van der Waals surface area contributed by atoms with Crippen LogP contribution in [-0.4, -0.2) is 17.6 Å². The van der Waals surface area contributed by atoms with E-state index in [1.54, 1.807) is 0 Å². The van der Waals surface area contributed by atoms with Crippen molar-refractivity contribution in [2.45, 2.75) is 48.0 Å². The van der Waals surface area contributed by atoms with Crippen LogP contribution >= 0.6 is 0 Å². The van der Waals surface area contributed by atoms with Crippen molar-refractivity contribution < 1.29 is 9.90 Å². The fraction of sp³-hybridized carbons (Fsp3) is 0.917. The molecular formula is C12H25NO2. The summed E-state index contributed by atoms with van der Waals surface area (Å²) in [5.41, 5.74) is 4.45. The Morgan fingerprint density at radius 3 is 1.80 bits per heavy atom. The summed E-state index contributed by atoms with van der Waals surface area (Å²) < 4.78 is 0. The number of carbonyl (C=O) groups is 1. The zero-order valence-electron chi connectivity index (χ0n) is 10.8. The molecule has 0 aromatic heterocycles. The van der Waals surface area contributed by atoms with Crippen LogP contribution in [0, 0.1) is 16.2 Å². The highest BCUT2D eigenvalue weighted by molar-refractivity contribution is 5.81. The van der Waals surface area contributed by atoms with Gasteiger partial charge >= 0.3 is 0 Å². The lowest BCUT2D eigenvalue weighted by atomic mass is 9.53. The van der Waals surface area contributed by atoms with Gasteiger partial charge in [0.1, 0.15) is 0 Å². The van der Waals surface area contributed by atoms with Crippen molar-refractivity contribution in [3.63, 3.8) is 0 Å². The molecule has 0 bridgehead atoms. The molecule has 15 heavy (non-hydrogen) atoms. The van der Waals surface area contributed by atoms with Gasteiger partial charge in [-0.25, -0.2) is 0 Å². The largest absolute Gasteiger partial charge is 0.396 e. The van der Waals surface area contributed by atoms with Gasteiger partial charge in [0, 0.05) is 12.0 Å². The minimum Gasteiger partial charge on any atom is -0.396 e. The molecule has 0 aromatic rings. The van der Waals surface area contributed by atoms with Crippen molar-refractivity contribution in [2.24, 2.45) is 22.0 Å². The van der Waals surface area contributed by atoms with Crippen molar-refractivity contribution in [1.29, 1.82) is 0 Å². The number of rotatable bonds is 5. The number of hydrogen-bond donors (Lipinski definition) is 2. The molecule has 0 saturated heterocycles. The zero-order chi connectivity index (χ0) is 12.5. The van der Waals surface area contributed by atoms with E-state index in [1.165, 1.54) is 0 Å². The maximum Gasteiger partial charge on any atom is 0.223 e. The number of aliphatic hydroxyl groups excluding tert-OH is 1. The quantitative estimate of drug-likeness (QED) is 0.736. The molecule has 0 atom stereocenters. The van der Waals surface area contributed by atoms with Crippen LogP contribution in [0.3, 0.4) is 0 Å².